The Hall–Kier alpha value is -2.26. The number of fused-ring (bicyclic) bond motifs is 1. The number of urea groups is 1. The van der Waals surface area contributed by atoms with Crippen molar-refractivity contribution in [3.63, 3.8) is 0 Å². The summed E-state index contributed by atoms with van der Waals surface area (Å²) in [5.74, 6) is 0.0293. The fourth-order valence-electron chi connectivity index (χ4n) is 3.26. The summed E-state index contributed by atoms with van der Waals surface area (Å²) in [5, 5.41) is 10.8. The van der Waals surface area contributed by atoms with Gasteiger partial charge in [-0.05, 0) is 24.1 Å². The Morgan fingerprint density at radius 3 is 2.93 bits per heavy atom. The van der Waals surface area contributed by atoms with Gasteiger partial charge in [-0.25, -0.2) is 4.79 Å². The number of rotatable bonds is 7. The van der Waals surface area contributed by atoms with Gasteiger partial charge in [-0.2, -0.15) is 0 Å². The maximum absolute atomic E-state index is 12.9. The summed E-state index contributed by atoms with van der Waals surface area (Å²) >= 11 is 1.40. The van der Waals surface area contributed by atoms with Gasteiger partial charge < -0.3 is 26.0 Å². The molecule has 0 aromatic heterocycles. The van der Waals surface area contributed by atoms with Gasteiger partial charge in [0.2, 0.25) is 11.8 Å². The number of hydrogen-bond acceptors (Lipinski definition) is 5. The molecule has 2 heterocycles. The molecule has 4 atom stereocenters. The maximum atomic E-state index is 12.9. The lowest BCUT2D eigenvalue weighted by Crippen LogP contribution is -2.54. The number of ether oxygens (including phenoxy) is 1. The average molecular weight is 407 g/mol. The van der Waals surface area contributed by atoms with E-state index in [2.05, 4.69) is 21.3 Å². The van der Waals surface area contributed by atoms with Gasteiger partial charge >= 0.3 is 6.03 Å². The van der Waals surface area contributed by atoms with Gasteiger partial charge in [0.25, 0.3) is 0 Å². The molecule has 0 aliphatic carbocycles. The van der Waals surface area contributed by atoms with Crippen LogP contribution in [0.3, 0.4) is 0 Å². The van der Waals surface area contributed by atoms with E-state index in [0.717, 1.165) is 16.8 Å². The Labute approximate surface area is 168 Å². The van der Waals surface area contributed by atoms with Crippen molar-refractivity contribution in [2.45, 2.75) is 36.9 Å². The van der Waals surface area contributed by atoms with Crippen LogP contribution in [0.2, 0.25) is 0 Å². The zero-order chi connectivity index (χ0) is 20.3. The maximum Gasteiger partial charge on any atom is 0.315 e. The molecule has 2 aliphatic heterocycles. The third-order valence-corrected chi connectivity index (χ3v) is 6.46. The molecule has 1 aromatic carbocycles. The molecule has 9 heteroatoms. The van der Waals surface area contributed by atoms with Gasteiger partial charge in [-0.1, -0.05) is 19.1 Å². The highest BCUT2D eigenvalue weighted by Crippen LogP contribution is 2.28. The van der Waals surface area contributed by atoms with Crippen molar-refractivity contribution < 1.29 is 19.1 Å². The summed E-state index contributed by atoms with van der Waals surface area (Å²) in [6.45, 7) is 4.75. The fourth-order valence-corrected chi connectivity index (χ4v) is 4.56. The zero-order valence-corrected chi connectivity index (χ0v) is 17.0. The Morgan fingerprint density at radius 2 is 2.18 bits per heavy atom. The number of benzene rings is 1. The Bertz CT molecular complexity index is 772. The SMILES string of the molecule is COC[C@@H](SC1NC(=O)NCC1C)C(=O)N[C@H](C)c1ccc2c(c1)CC(=O)N2. The Morgan fingerprint density at radius 1 is 1.39 bits per heavy atom. The standard InChI is InChI=1S/C19H26N4O4S/c1-10-8-20-19(26)23-18(10)28-15(9-27-3)17(25)21-11(2)12-4-5-14-13(6-12)7-16(24)22-14/h4-6,10-11,15,18H,7-9H2,1-3H3,(H,21,25)(H,22,24)(H2,20,23,26)/t10?,11-,15-,18?/m1/s1. The second-order valence-electron chi connectivity index (χ2n) is 7.20. The van der Waals surface area contributed by atoms with Crippen molar-refractivity contribution in [2.24, 2.45) is 5.92 Å². The third kappa shape index (κ3) is 4.77. The smallest absolute Gasteiger partial charge is 0.315 e. The fraction of sp³-hybridized carbons (Fsp3) is 0.526. The van der Waals surface area contributed by atoms with Crippen LogP contribution in [0.4, 0.5) is 10.5 Å². The van der Waals surface area contributed by atoms with Crippen LogP contribution in [0.5, 0.6) is 0 Å². The predicted molar refractivity (Wildman–Crippen MR) is 108 cm³/mol. The van der Waals surface area contributed by atoms with Crippen molar-refractivity contribution in [3.05, 3.63) is 29.3 Å². The minimum Gasteiger partial charge on any atom is -0.383 e. The van der Waals surface area contributed by atoms with Crippen molar-refractivity contribution in [1.29, 1.82) is 0 Å². The molecule has 8 nitrogen and oxygen atoms in total. The predicted octanol–water partition coefficient (Wildman–Crippen LogP) is 1.38. The van der Waals surface area contributed by atoms with E-state index in [-0.39, 0.29) is 41.8 Å². The summed E-state index contributed by atoms with van der Waals surface area (Å²) in [7, 11) is 1.55. The minimum absolute atomic E-state index is 0.0152. The molecule has 1 saturated heterocycles. The molecule has 152 valence electrons. The van der Waals surface area contributed by atoms with Gasteiger partial charge in [0.15, 0.2) is 0 Å². The lowest BCUT2D eigenvalue weighted by molar-refractivity contribution is -0.122. The van der Waals surface area contributed by atoms with E-state index in [4.69, 9.17) is 4.74 Å². The lowest BCUT2D eigenvalue weighted by atomic mass is 10.0. The number of methoxy groups -OCH3 is 1. The molecule has 2 unspecified atom stereocenters. The Balaban J connectivity index is 1.64. The number of thioether (sulfide) groups is 1. The van der Waals surface area contributed by atoms with Crippen LogP contribution in [-0.4, -0.2) is 48.7 Å². The van der Waals surface area contributed by atoms with E-state index >= 15 is 0 Å². The molecule has 0 spiro atoms. The van der Waals surface area contributed by atoms with Crippen LogP contribution in [0.1, 0.15) is 31.0 Å². The van der Waals surface area contributed by atoms with Gasteiger partial charge in [-0.3, -0.25) is 9.59 Å². The van der Waals surface area contributed by atoms with Crippen LogP contribution in [-0.2, 0) is 20.7 Å². The van der Waals surface area contributed by atoms with E-state index in [1.807, 2.05) is 32.0 Å². The van der Waals surface area contributed by atoms with Gasteiger partial charge in [0.1, 0.15) is 5.25 Å². The summed E-state index contributed by atoms with van der Waals surface area (Å²) in [4.78, 5) is 36.0. The highest BCUT2D eigenvalue weighted by Gasteiger charge is 2.31. The second-order valence-corrected chi connectivity index (χ2v) is 8.55. The molecule has 0 bridgehead atoms. The first-order valence-electron chi connectivity index (χ1n) is 9.29. The van der Waals surface area contributed by atoms with E-state index < -0.39 is 5.25 Å². The topological polar surface area (TPSA) is 109 Å². The number of anilines is 1. The largest absolute Gasteiger partial charge is 0.383 e. The first-order chi connectivity index (χ1) is 13.4. The molecular formula is C19H26N4O4S. The van der Waals surface area contributed by atoms with Crippen LogP contribution < -0.4 is 21.3 Å². The number of hydrogen-bond donors (Lipinski definition) is 4. The quantitative estimate of drug-likeness (QED) is 0.547. The van der Waals surface area contributed by atoms with Crippen molar-refractivity contribution in [1.82, 2.24) is 16.0 Å². The number of amides is 4. The van der Waals surface area contributed by atoms with Gasteiger partial charge in [0, 0.05) is 25.3 Å². The molecule has 0 radical (unpaired) electrons. The highest BCUT2D eigenvalue weighted by molar-refractivity contribution is 8.01. The van der Waals surface area contributed by atoms with Gasteiger partial charge in [-0.15, -0.1) is 11.8 Å². The molecular weight excluding hydrogens is 380 g/mol. The molecule has 1 fully saturated rings. The molecule has 1 aromatic rings. The first-order valence-corrected chi connectivity index (χ1v) is 10.2. The minimum atomic E-state index is -0.448. The van der Waals surface area contributed by atoms with Gasteiger partial charge in [0.05, 0.1) is 24.4 Å². The molecule has 4 N–H and O–H groups in total. The van der Waals surface area contributed by atoms with Crippen LogP contribution in [0.25, 0.3) is 0 Å². The molecule has 2 aliphatic rings. The average Bonchev–Trinajstić information content (AvgIpc) is 3.03. The lowest BCUT2D eigenvalue weighted by Gasteiger charge is -2.32. The number of carbonyl (C=O) groups is 3. The van der Waals surface area contributed by atoms with Crippen LogP contribution >= 0.6 is 11.8 Å². The summed E-state index contributed by atoms with van der Waals surface area (Å²) < 4.78 is 5.23. The van der Waals surface area contributed by atoms with Crippen molar-refractivity contribution in [2.75, 3.05) is 25.6 Å². The van der Waals surface area contributed by atoms with E-state index in [9.17, 15) is 14.4 Å². The van der Waals surface area contributed by atoms with E-state index in [1.165, 1.54) is 11.8 Å². The van der Waals surface area contributed by atoms with E-state index in [0.29, 0.717) is 13.0 Å². The first kappa shape index (κ1) is 20.5. The monoisotopic (exact) mass is 406 g/mol. The number of carbonyl (C=O) groups excluding carboxylic acids is 3. The summed E-state index contributed by atoms with van der Waals surface area (Å²) in [6, 6.07) is 5.29. The van der Waals surface area contributed by atoms with Crippen LogP contribution in [0, 0.1) is 5.92 Å². The normalized spacial score (nSPS) is 23.1. The van der Waals surface area contributed by atoms with Crippen molar-refractivity contribution in [3.8, 4) is 0 Å². The molecule has 3 rings (SSSR count). The van der Waals surface area contributed by atoms with E-state index in [1.54, 1.807) is 7.11 Å². The number of nitrogens with one attached hydrogen (secondary N) is 4. The zero-order valence-electron chi connectivity index (χ0n) is 16.2. The highest BCUT2D eigenvalue weighted by atomic mass is 32.2. The molecule has 28 heavy (non-hydrogen) atoms. The van der Waals surface area contributed by atoms with Crippen LogP contribution in [0.15, 0.2) is 18.2 Å². The summed E-state index contributed by atoms with van der Waals surface area (Å²) in [5.41, 5.74) is 2.71. The molecule has 0 saturated carbocycles. The summed E-state index contributed by atoms with van der Waals surface area (Å²) in [6.07, 6.45) is 0.360. The third-order valence-electron chi connectivity index (χ3n) is 4.91. The molecule has 4 amide bonds. The Kier molecular flexibility index (Phi) is 6.46. The van der Waals surface area contributed by atoms with Crippen molar-refractivity contribution >= 4 is 35.3 Å². The second kappa shape index (κ2) is 8.83.